The van der Waals surface area contributed by atoms with Gasteiger partial charge in [-0.25, -0.2) is 4.39 Å². The van der Waals surface area contributed by atoms with Crippen molar-refractivity contribution >= 4 is 0 Å². The van der Waals surface area contributed by atoms with E-state index in [0.29, 0.717) is 0 Å². The lowest BCUT2D eigenvalue weighted by Crippen LogP contribution is -2.36. The number of hydrogen-bond donors (Lipinski definition) is 0. The Labute approximate surface area is 50.5 Å². The highest BCUT2D eigenvalue weighted by Crippen LogP contribution is 2.11. The van der Waals surface area contributed by atoms with Crippen LogP contribution < -0.4 is 0 Å². The van der Waals surface area contributed by atoms with Crippen LogP contribution in [0.1, 0.15) is 20.8 Å². The summed E-state index contributed by atoms with van der Waals surface area (Å²) in [5, 5.41) is 0. The van der Waals surface area contributed by atoms with Crippen molar-refractivity contribution in [2.24, 2.45) is 0 Å². The minimum absolute atomic E-state index is 0.753. The summed E-state index contributed by atoms with van der Waals surface area (Å²) in [6.07, 6.45) is 0. The molecule has 0 aromatic carbocycles. The smallest absolute Gasteiger partial charge is 0.158 e. The van der Waals surface area contributed by atoms with Gasteiger partial charge >= 0.3 is 0 Å². The van der Waals surface area contributed by atoms with Crippen LogP contribution in [0.25, 0.3) is 0 Å². The second kappa shape index (κ2) is 2.44. The van der Waals surface area contributed by atoms with Gasteiger partial charge in [0, 0.05) is 0 Å². The second-order valence-electron chi connectivity index (χ2n) is 2.42. The van der Waals surface area contributed by atoms with Gasteiger partial charge in [0.2, 0.25) is 0 Å². The van der Waals surface area contributed by atoms with Crippen molar-refractivity contribution in [3.05, 3.63) is 0 Å². The first kappa shape index (κ1) is 7.89. The topological polar surface area (TPSA) is 3.24 Å². The van der Waals surface area contributed by atoms with Crippen LogP contribution in [-0.4, -0.2) is 24.3 Å². The van der Waals surface area contributed by atoms with Gasteiger partial charge in [0.1, 0.15) is 0 Å². The van der Waals surface area contributed by atoms with Gasteiger partial charge < -0.3 is 0 Å². The average molecular weight is 119 g/mol. The molecule has 0 aliphatic carbocycles. The molecular weight excluding hydrogens is 105 g/mol. The predicted molar refractivity (Wildman–Crippen MR) is 33.5 cm³/mol. The third kappa shape index (κ3) is 2.26. The highest BCUT2D eigenvalue weighted by molar-refractivity contribution is 4.62. The molecule has 50 valence electrons. The lowest BCUT2D eigenvalue weighted by Gasteiger charge is -2.25. The molecule has 0 fully saturated rings. The first-order chi connectivity index (χ1) is 3.48. The quantitative estimate of drug-likeness (QED) is 0.499. The molecule has 0 rings (SSSR count). The van der Waals surface area contributed by atoms with Crippen LogP contribution in [0.15, 0.2) is 0 Å². The van der Waals surface area contributed by atoms with E-state index in [1.165, 1.54) is 0 Å². The number of nitrogens with zero attached hydrogens (tertiary/aromatic N) is 1. The van der Waals surface area contributed by atoms with Gasteiger partial charge in [-0.1, -0.05) is 6.92 Å². The van der Waals surface area contributed by atoms with Gasteiger partial charge in [0.25, 0.3) is 0 Å². The van der Waals surface area contributed by atoms with Crippen molar-refractivity contribution in [1.29, 1.82) is 0 Å². The fourth-order valence-corrected chi connectivity index (χ4v) is 0.376. The predicted octanol–water partition coefficient (Wildman–Crippen LogP) is 1.64. The molecule has 0 radical (unpaired) electrons. The molecule has 0 saturated carbocycles. The van der Waals surface area contributed by atoms with Crippen molar-refractivity contribution in [1.82, 2.24) is 4.90 Å². The Hall–Kier alpha value is -0.110. The Morgan fingerprint density at radius 1 is 1.50 bits per heavy atom. The minimum atomic E-state index is -1.16. The SMILES string of the molecule is CCN(C)C(C)(C)F. The molecule has 8 heavy (non-hydrogen) atoms. The first-order valence-electron chi connectivity index (χ1n) is 2.88. The van der Waals surface area contributed by atoms with Crippen molar-refractivity contribution < 1.29 is 4.39 Å². The maximum absolute atomic E-state index is 12.7. The molecule has 0 aliphatic rings. The van der Waals surface area contributed by atoms with E-state index in [1.54, 1.807) is 25.8 Å². The van der Waals surface area contributed by atoms with E-state index in [-0.39, 0.29) is 0 Å². The van der Waals surface area contributed by atoms with Crippen molar-refractivity contribution in [2.75, 3.05) is 13.6 Å². The van der Waals surface area contributed by atoms with Crippen LogP contribution in [0.5, 0.6) is 0 Å². The molecule has 2 heteroatoms. The molecule has 0 heterocycles. The molecule has 0 amide bonds. The van der Waals surface area contributed by atoms with Gasteiger partial charge in [-0.3, -0.25) is 4.90 Å². The number of hydrogen-bond acceptors (Lipinski definition) is 1. The van der Waals surface area contributed by atoms with Crippen LogP contribution in [0.2, 0.25) is 0 Å². The molecule has 0 spiro atoms. The maximum Gasteiger partial charge on any atom is 0.158 e. The zero-order valence-corrected chi connectivity index (χ0v) is 6.03. The van der Waals surface area contributed by atoms with Crippen molar-refractivity contribution in [3.8, 4) is 0 Å². The normalized spacial score (nSPS) is 12.8. The summed E-state index contributed by atoms with van der Waals surface area (Å²) < 4.78 is 12.7. The minimum Gasteiger partial charge on any atom is -0.275 e. The Morgan fingerprint density at radius 2 is 1.88 bits per heavy atom. The second-order valence-corrected chi connectivity index (χ2v) is 2.42. The summed E-state index contributed by atoms with van der Waals surface area (Å²) in [5.74, 6) is -1.16. The van der Waals surface area contributed by atoms with Crippen LogP contribution >= 0.6 is 0 Å². The Morgan fingerprint density at radius 3 is 1.88 bits per heavy atom. The fourth-order valence-electron chi connectivity index (χ4n) is 0.376. The summed E-state index contributed by atoms with van der Waals surface area (Å²) in [7, 11) is 1.76. The number of rotatable bonds is 2. The molecule has 0 atom stereocenters. The molecule has 0 unspecified atom stereocenters. The summed E-state index contributed by atoms with van der Waals surface area (Å²) in [4.78, 5) is 1.65. The zero-order chi connectivity index (χ0) is 6.78. The lowest BCUT2D eigenvalue weighted by atomic mass is 10.3. The largest absolute Gasteiger partial charge is 0.275 e. The summed E-state index contributed by atoms with van der Waals surface area (Å²) in [6, 6.07) is 0. The zero-order valence-electron chi connectivity index (χ0n) is 6.03. The number of alkyl halides is 1. The van der Waals surface area contributed by atoms with E-state index >= 15 is 0 Å². The van der Waals surface area contributed by atoms with Gasteiger partial charge in [-0.15, -0.1) is 0 Å². The molecule has 1 nitrogen and oxygen atoms in total. The van der Waals surface area contributed by atoms with Crippen LogP contribution in [0.4, 0.5) is 4.39 Å². The Balaban J connectivity index is 3.62. The van der Waals surface area contributed by atoms with Crippen LogP contribution in [0, 0.1) is 0 Å². The highest BCUT2D eigenvalue weighted by atomic mass is 19.1. The van der Waals surface area contributed by atoms with E-state index in [9.17, 15) is 4.39 Å². The van der Waals surface area contributed by atoms with Crippen LogP contribution in [0.3, 0.4) is 0 Å². The maximum atomic E-state index is 12.7. The van der Waals surface area contributed by atoms with E-state index in [4.69, 9.17) is 0 Å². The molecule has 0 aromatic rings. The molecular formula is C6H14FN. The van der Waals surface area contributed by atoms with E-state index in [1.807, 2.05) is 6.92 Å². The molecule has 0 aromatic heterocycles. The van der Waals surface area contributed by atoms with E-state index < -0.39 is 5.79 Å². The monoisotopic (exact) mass is 119 g/mol. The van der Waals surface area contributed by atoms with Gasteiger partial charge in [0.05, 0.1) is 0 Å². The molecule has 0 aliphatic heterocycles. The van der Waals surface area contributed by atoms with Gasteiger partial charge in [0.15, 0.2) is 5.79 Å². The Bertz CT molecular complexity index is 65.4. The fraction of sp³-hybridized carbons (Fsp3) is 1.00. The van der Waals surface area contributed by atoms with Gasteiger partial charge in [-0.2, -0.15) is 0 Å². The van der Waals surface area contributed by atoms with E-state index in [2.05, 4.69) is 0 Å². The Kier molecular flexibility index (Phi) is 2.41. The third-order valence-electron chi connectivity index (χ3n) is 1.38. The highest BCUT2D eigenvalue weighted by Gasteiger charge is 2.19. The van der Waals surface area contributed by atoms with Crippen LogP contribution in [-0.2, 0) is 0 Å². The van der Waals surface area contributed by atoms with Gasteiger partial charge in [-0.05, 0) is 27.4 Å². The van der Waals surface area contributed by atoms with Crippen molar-refractivity contribution in [3.63, 3.8) is 0 Å². The number of halogens is 1. The molecule has 0 N–H and O–H groups in total. The lowest BCUT2D eigenvalue weighted by molar-refractivity contribution is 0.0242. The molecule has 0 bridgehead atoms. The molecule has 0 saturated heterocycles. The first-order valence-corrected chi connectivity index (χ1v) is 2.88. The summed E-state index contributed by atoms with van der Waals surface area (Å²) in [6.45, 7) is 5.79. The average Bonchev–Trinajstić information content (AvgIpc) is 1.62. The third-order valence-corrected chi connectivity index (χ3v) is 1.38. The summed E-state index contributed by atoms with van der Waals surface area (Å²) in [5.41, 5.74) is 0. The van der Waals surface area contributed by atoms with Crippen molar-refractivity contribution in [2.45, 2.75) is 26.6 Å². The standard InChI is InChI=1S/C6H14FN/c1-5-8(4)6(2,3)7/h5H2,1-4H3. The summed E-state index contributed by atoms with van der Waals surface area (Å²) >= 11 is 0. The van der Waals surface area contributed by atoms with E-state index in [0.717, 1.165) is 6.54 Å².